The number of fused-ring (bicyclic) bond motifs is 1. The molecule has 1 aromatic heterocycles. The Morgan fingerprint density at radius 2 is 1.63 bits per heavy atom. The van der Waals surface area contributed by atoms with E-state index in [0.717, 1.165) is 60.9 Å². The van der Waals surface area contributed by atoms with Gasteiger partial charge >= 0.3 is 5.97 Å². The lowest BCUT2D eigenvalue weighted by atomic mass is 9.96. The maximum atomic E-state index is 12.9. The van der Waals surface area contributed by atoms with Crippen LogP contribution in [0.2, 0.25) is 0 Å². The molecule has 0 amide bonds. The van der Waals surface area contributed by atoms with E-state index < -0.39 is 0 Å². The SMILES string of the molecule is CCCCCN(CCCCC)C(=S)Nc1sc2c(c1C(=O)OCC)CCCCCC2. The van der Waals surface area contributed by atoms with Gasteiger partial charge in [0.05, 0.1) is 12.2 Å². The molecule has 1 N–H and O–H groups in total. The van der Waals surface area contributed by atoms with Gasteiger partial charge in [-0.1, -0.05) is 52.4 Å². The summed E-state index contributed by atoms with van der Waals surface area (Å²) in [4.78, 5) is 16.5. The lowest BCUT2D eigenvalue weighted by molar-refractivity contribution is 0.0526. The van der Waals surface area contributed by atoms with Crippen LogP contribution in [0.5, 0.6) is 0 Å². The molecule has 170 valence electrons. The molecule has 0 saturated carbocycles. The number of aryl methyl sites for hydroxylation is 1. The Balaban J connectivity index is 2.22. The van der Waals surface area contributed by atoms with Crippen LogP contribution < -0.4 is 5.32 Å². The summed E-state index contributed by atoms with van der Waals surface area (Å²) in [5.41, 5.74) is 1.94. The van der Waals surface area contributed by atoms with E-state index in [4.69, 9.17) is 17.0 Å². The number of nitrogens with zero attached hydrogens (tertiary/aromatic N) is 1. The number of carbonyl (C=O) groups is 1. The maximum absolute atomic E-state index is 12.9. The summed E-state index contributed by atoms with van der Waals surface area (Å²) in [7, 11) is 0. The lowest BCUT2D eigenvalue weighted by Crippen LogP contribution is -2.36. The van der Waals surface area contributed by atoms with Gasteiger partial charge in [-0.2, -0.15) is 0 Å². The Morgan fingerprint density at radius 3 is 2.23 bits per heavy atom. The first-order chi connectivity index (χ1) is 14.6. The lowest BCUT2D eigenvalue weighted by Gasteiger charge is -2.26. The third-order valence-corrected chi connectivity index (χ3v) is 7.29. The van der Waals surface area contributed by atoms with Gasteiger partial charge in [-0.25, -0.2) is 4.79 Å². The molecule has 0 atom stereocenters. The van der Waals surface area contributed by atoms with E-state index in [0.29, 0.717) is 6.61 Å². The Labute approximate surface area is 192 Å². The second-order valence-electron chi connectivity index (χ2n) is 8.17. The van der Waals surface area contributed by atoms with Gasteiger partial charge in [0.1, 0.15) is 5.00 Å². The third kappa shape index (κ3) is 7.52. The van der Waals surface area contributed by atoms with Crippen molar-refractivity contribution in [2.45, 2.75) is 97.8 Å². The van der Waals surface area contributed by atoms with Crippen molar-refractivity contribution in [1.29, 1.82) is 0 Å². The molecule has 0 unspecified atom stereocenters. The minimum absolute atomic E-state index is 0.204. The standard InChI is InChI=1S/C24H40N2O2S2/c1-4-7-13-17-26(18-14-8-5-2)24(29)25-22-21(23(27)28-6-3)19-15-11-9-10-12-16-20(19)30-22/h4-18H2,1-3H3,(H,25,29). The highest BCUT2D eigenvalue weighted by Gasteiger charge is 2.26. The zero-order valence-electron chi connectivity index (χ0n) is 19.2. The molecule has 0 bridgehead atoms. The predicted octanol–water partition coefficient (Wildman–Crippen LogP) is 6.96. The van der Waals surface area contributed by atoms with E-state index in [2.05, 4.69) is 24.1 Å². The molecular formula is C24H40N2O2S2. The molecule has 0 fully saturated rings. The van der Waals surface area contributed by atoms with E-state index in [1.54, 1.807) is 11.3 Å². The van der Waals surface area contributed by atoms with Crippen LogP contribution in [0.1, 0.15) is 106 Å². The Morgan fingerprint density at radius 1 is 1.00 bits per heavy atom. The van der Waals surface area contributed by atoms with Crippen LogP contribution in [0.3, 0.4) is 0 Å². The fourth-order valence-electron chi connectivity index (χ4n) is 4.02. The highest BCUT2D eigenvalue weighted by molar-refractivity contribution is 7.80. The number of esters is 1. The number of thiophene rings is 1. The Bertz CT molecular complexity index is 662. The quantitative estimate of drug-likeness (QED) is 0.223. The molecule has 0 aliphatic heterocycles. The number of hydrogen-bond donors (Lipinski definition) is 1. The summed E-state index contributed by atoms with van der Waals surface area (Å²) in [5.74, 6) is -0.204. The Kier molecular flexibility index (Phi) is 11.7. The predicted molar refractivity (Wildman–Crippen MR) is 133 cm³/mol. The molecule has 1 aliphatic rings. The average Bonchev–Trinajstić information content (AvgIpc) is 3.03. The number of rotatable bonds is 11. The summed E-state index contributed by atoms with van der Waals surface area (Å²) in [5, 5.41) is 5.12. The number of nitrogens with one attached hydrogen (secondary N) is 1. The first-order valence-corrected chi connectivity index (χ1v) is 13.2. The van der Waals surface area contributed by atoms with Crippen molar-refractivity contribution in [3.8, 4) is 0 Å². The van der Waals surface area contributed by atoms with Crippen LogP contribution in [0.15, 0.2) is 0 Å². The van der Waals surface area contributed by atoms with Crippen LogP contribution in [-0.4, -0.2) is 35.7 Å². The van der Waals surface area contributed by atoms with Gasteiger partial charge in [-0.05, 0) is 63.2 Å². The van der Waals surface area contributed by atoms with Crippen molar-refractivity contribution in [1.82, 2.24) is 4.90 Å². The zero-order chi connectivity index (χ0) is 21.8. The molecular weight excluding hydrogens is 412 g/mol. The normalized spacial score (nSPS) is 13.8. The van der Waals surface area contributed by atoms with E-state index in [1.165, 1.54) is 55.4 Å². The molecule has 0 saturated heterocycles. The van der Waals surface area contributed by atoms with Gasteiger partial charge in [0.2, 0.25) is 0 Å². The summed E-state index contributed by atoms with van der Waals surface area (Å²) in [6.07, 6.45) is 14.0. The van der Waals surface area contributed by atoms with Crippen LogP contribution in [-0.2, 0) is 17.6 Å². The number of hydrogen-bond acceptors (Lipinski definition) is 4. The highest BCUT2D eigenvalue weighted by Crippen LogP contribution is 2.37. The number of anilines is 1. The fourth-order valence-corrected chi connectivity index (χ4v) is 5.65. The van der Waals surface area contributed by atoms with E-state index >= 15 is 0 Å². The molecule has 1 heterocycles. The summed E-state index contributed by atoms with van der Waals surface area (Å²) in [6, 6.07) is 0. The minimum Gasteiger partial charge on any atom is -0.462 e. The van der Waals surface area contributed by atoms with Gasteiger partial charge in [0, 0.05) is 18.0 Å². The van der Waals surface area contributed by atoms with Gasteiger partial charge in [0.15, 0.2) is 5.11 Å². The van der Waals surface area contributed by atoms with E-state index in [1.807, 2.05) is 6.92 Å². The molecule has 4 nitrogen and oxygen atoms in total. The largest absolute Gasteiger partial charge is 0.462 e. The zero-order valence-corrected chi connectivity index (χ0v) is 20.8. The first-order valence-electron chi connectivity index (χ1n) is 12.0. The third-order valence-electron chi connectivity index (χ3n) is 5.72. The molecule has 0 spiro atoms. The van der Waals surface area contributed by atoms with Crippen molar-refractivity contribution < 1.29 is 9.53 Å². The average molecular weight is 453 g/mol. The van der Waals surface area contributed by atoms with Crippen LogP contribution in [0.25, 0.3) is 0 Å². The van der Waals surface area contributed by atoms with Crippen molar-refractivity contribution in [3.05, 3.63) is 16.0 Å². The fraction of sp³-hybridized carbons (Fsp3) is 0.750. The number of unbranched alkanes of at least 4 members (excludes halogenated alkanes) is 4. The smallest absolute Gasteiger partial charge is 0.341 e. The monoisotopic (exact) mass is 452 g/mol. The van der Waals surface area contributed by atoms with Gasteiger partial charge in [-0.15, -0.1) is 11.3 Å². The maximum Gasteiger partial charge on any atom is 0.341 e. The molecule has 1 aliphatic carbocycles. The second kappa shape index (κ2) is 14.0. The van der Waals surface area contributed by atoms with Crippen molar-refractivity contribution in [2.75, 3.05) is 25.0 Å². The molecule has 0 radical (unpaired) electrons. The van der Waals surface area contributed by atoms with Gasteiger partial charge < -0.3 is 15.0 Å². The van der Waals surface area contributed by atoms with Crippen LogP contribution in [0.4, 0.5) is 5.00 Å². The topological polar surface area (TPSA) is 41.6 Å². The number of thiocarbonyl (C=S) groups is 1. The van der Waals surface area contributed by atoms with Crippen LogP contribution in [0, 0.1) is 0 Å². The van der Waals surface area contributed by atoms with E-state index in [-0.39, 0.29) is 5.97 Å². The summed E-state index contributed by atoms with van der Waals surface area (Å²) >= 11 is 7.55. The molecule has 30 heavy (non-hydrogen) atoms. The Hall–Kier alpha value is -1.14. The molecule has 2 rings (SSSR count). The van der Waals surface area contributed by atoms with Gasteiger partial charge in [-0.3, -0.25) is 0 Å². The minimum atomic E-state index is -0.204. The van der Waals surface area contributed by atoms with Crippen LogP contribution >= 0.6 is 23.6 Å². The van der Waals surface area contributed by atoms with E-state index in [9.17, 15) is 4.79 Å². The molecule has 1 aromatic rings. The molecule has 0 aromatic carbocycles. The second-order valence-corrected chi connectivity index (χ2v) is 9.67. The van der Waals surface area contributed by atoms with Crippen molar-refractivity contribution in [2.24, 2.45) is 0 Å². The van der Waals surface area contributed by atoms with Crippen molar-refractivity contribution >= 4 is 39.6 Å². The summed E-state index contributed by atoms with van der Waals surface area (Å²) in [6.45, 7) is 8.67. The first kappa shape index (κ1) is 25.1. The highest BCUT2D eigenvalue weighted by atomic mass is 32.1. The van der Waals surface area contributed by atoms with Crippen molar-refractivity contribution in [3.63, 3.8) is 0 Å². The number of carbonyl (C=O) groups excluding carboxylic acids is 1. The van der Waals surface area contributed by atoms with Gasteiger partial charge in [0.25, 0.3) is 0 Å². The summed E-state index contributed by atoms with van der Waals surface area (Å²) < 4.78 is 5.44. The number of ether oxygens (including phenoxy) is 1. The molecule has 6 heteroatoms.